The van der Waals surface area contributed by atoms with Crippen LogP contribution in [0.2, 0.25) is 0 Å². The summed E-state index contributed by atoms with van der Waals surface area (Å²) in [4.78, 5) is 15.8. The van der Waals surface area contributed by atoms with Crippen molar-refractivity contribution in [1.29, 1.82) is 0 Å². The second-order valence-corrected chi connectivity index (χ2v) is 4.87. The fourth-order valence-corrected chi connectivity index (χ4v) is 1.77. The van der Waals surface area contributed by atoms with Crippen molar-refractivity contribution >= 4 is 29.0 Å². The average molecular weight is 312 g/mol. The summed E-state index contributed by atoms with van der Waals surface area (Å²) in [6.07, 6.45) is 1.95. The Hall–Kier alpha value is -2.96. The maximum atomic E-state index is 11.6. The molecule has 2 aromatic rings. The SMILES string of the molecule is CCCCNC(=O)Nc1ccc(N=Nc2ccccc2)c(N)n1. The standard InChI is InChI=1S/C16H20N6O/c1-2-3-11-18-16(23)20-14-10-9-13(15(17)19-14)22-21-12-7-5-4-6-8-12/h4-10H,2-3,11H2,1H3,(H4,17,18,19,20,23). The number of nitrogens with two attached hydrogens (primary N) is 1. The lowest BCUT2D eigenvalue weighted by molar-refractivity contribution is 0.252. The third kappa shape index (κ3) is 5.39. The number of carbonyl (C=O) groups excluding carboxylic acids is 1. The zero-order valence-electron chi connectivity index (χ0n) is 13.0. The van der Waals surface area contributed by atoms with Gasteiger partial charge in [-0.05, 0) is 30.7 Å². The Kier molecular flexibility index (Phi) is 6.05. The van der Waals surface area contributed by atoms with Crippen molar-refractivity contribution in [2.75, 3.05) is 17.6 Å². The van der Waals surface area contributed by atoms with Gasteiger partial charge in [-0.2, -0.15) is 5.11 Å². The number of nitrogens with one attached hydrogen (secondary N) is 2. The van der Waals surface area contributed by atoms with E-state index in [4.69, 9.17) is 5.73 Å². The number of pyridine rings is 1. The van der Waals surface area contributed by atoms with E-state index in [2.05, 4.69) is 32.8 Å². The van der Waals surface area contributed by atoms with Gasteiger partial charge in [-0.25, -0.2) is 9.78 Å². The number of aromatic nitrogens is 1. The molecule has 0 unspecified atom stereocenters. The summed E-state index contributed by atoms with van der Waals surface area (Å²) in [6.45, 7) is 2.69. The lowest BCUT2D eigenvalue weighted by atomic mass is 10.3. The Morgan fingerprint density at radius 2 is 1.96 bits per heavy atom. The maximum absolute atomic E-state index is 11.6. The molecule has 23 heavy (non-hydrogen) atoms. The number of nitrogens with zero attached hydrogens (tertiary/aromatic N) is 3. The molecular weight excluding hydrogens is 292 g/mol. The molecule has 0 spiro atoms. The fraction of sp³-hybridized carbons (Fsp3) is 0.250. The van der Waals surface area contributed by atoms with Crippen molar-refractivity contribution < 1.29 is 4.79 Å². The van der Waals surface area contributed by atoms with Crippen molar-refractivity contribution in [3.8, 4) is 0 Å². The molecule has 7 heteroatoms. The highest BCUT2D eigenvalue weighted by Gasteiger charge is 2.05. The van der Waals surface area contributed by atoms with Crippen LogP contribution in [-0.2, 0) is 0 Å². The van der Waals surface area contributed by atoms with Crippen LogP contribution < -0.4 is 16.4 Å². The van der Waals surface area contributed by atoms with Gasteiger partial charge in [0.05, 0.1) is 5.69 Å². The van der Waals surface area contributed by atoms with Gasteiger partial charge in [-0.1, -0.05) is 31.5 Å². The van der Waals surface area contributed by atoms with Crippen molar-refractivity contribution in [3.05, 3.63) is 42.5 Å². The topological polar surface area (TPSA) is 105 Å². The van der Waals surface area contributed by atoms with Crippen LogP contribution >= 0.6 is 0 Å². The normalized spacial score (nSPS) is 10.7. The largest absolute Gasteiger partial charge is 0.382 e. The highest BCUT2D eigenvalue weighted by molar-refractivity contribution is 5.88. The number of carbonyl (C=O) groups is 1. The monoisotopic (exact) mass is 312 g/mol. The second kappa shape index (κ2) is 8.47. The molecule has 0 aliphatic rings. The Morgan fingerprint density at radius 3 is 2.65 bits per heavy atom. The first-order valence-electron chi connectivity index (χ1n) is 7.47. The van der Waals surface area contributed by atoms with E-state index in [1.54, 1.807) is 12.1 Å². The molecule has 120 valence electrons. The Bertz CT molecular complexity index is 672. The van der Waals surface area contributed by atoms with Crippen molar-refractivity contribution in [2.24, 2.45) is 10.2 Å². The molecule has 2 amide bonds. The number of urea groups is 1. The third-order valence-electron chi connectivity index (χ3n) is 2.99. The molecule has 0 aliphatic carbocycles. The van der Waals surface area contributed by atoms with Crippen molar-refractivity contribution in [1.82, 2.24) is 10.3 Å². The first-order valence-corrected chi connectivity index (χ1v) is 7.47. The minimum absolute atomic E-state index is 0.205. The third-order valence-corrected chi connectivity index (χ3v) is 2.99. The van der Waals surface area contributed by atoms with Crippen LogP contribution in [0, 0.1) is 0 Å². The predicted molar refractivity (Wildman–Crippen MR) is 91.2 cm³/mol. The summed E-state index contributed by atoms with van der Waals surface area (Å²) in [5.41, 5.74) is 7.02. The zero-order valence-corrected chi connectivity index (χ0v) is 13.0. The highest BCUT2D eigenvalue weighted by atomic mass is 16.2. The van der Waals surface area contributed by atoms with Crippen LogP contribution in [0.5, 0.6) is 0 Å². The Balaban J connectivity index is 1.98. The lowest BCUT2D eigenvalue weighted by Gasteiger charge is -2.07. The number of anilines is 2. The van der Waals surface area contributed by atoms with Crippen LogP contribution in [0.4, 0.5) is 27.8 Å². The predicted octanol–water partition coefficient (Wildman–Crippen LogP) is 4.00. The molecule has 0 aliphatic heterocycles. The summed E-state index contributed by atoms with van der Waals surface area (Å²) >= 11 is 0. The molecule has 0 fully saturated rings. The molecule has 0 bridgehead atoms. The van der Waals surface area contributed by atoms with Gasteiger partial charge in [0.15, 0.2) is 5.82 Å². The number of rotatable bonds is 6. The van der Waals surface area contributed by atoms with E-state index < -0.39 is 0 Å². The molecule has 0 atom stereocenters. The first kappa shape index (κ1) is 16.4. The Labute approximate surface area is 135 Å². The second-order valence-electron chi connectivity index (χ2n) is 4.87. The van der Waals surface area contributed by atoms with E-state index in [9.17, 15) is 4.79 Å². The first-order chi connectivity index (χ1) is 11.2. The molecule has 0 radical (unpaired) electrons. The zero-order chi connectivity index (χ0) is 16.5. The van der Waals surface area contributed by atoms with Crippen LogP contribution in [0.15, 0.2) is 52.7 Å². The number of hydrogen-bond acceptors (Lipinski definition) is 5. The van der Waals surface area contributed by atoms with Crippen LogP contribution in [0.1, 0.15) is 19.8 Å². The van der Waals surface area contributed by atoms with Gasteiger partial charge >= 0.3 is 6.03 Å². The van der Waals surface area contributed by atoms with E-state index in [-0.39, 0.29) is 11.8 Å². The number of azo groups is 1. The van der Waals surface area contributed by atoms with Crippen molar-refractivity contribution in [2.45, 2.75) is 19.8 Å². The number of nitrogen functional groups attached to an aromatic ring is 1. The average Bonchev–Trinajstić information content (AvgIpc) is 2.55. The highest BCUT2D eigenvalue weighted by Crippen LogP contribution is 2.24. The molecule has 4 N–H and O–H groups in total. The summed E-state index contributed by atoms with van der Waals surface area (Å²) in [5.74, 6) is 0.575. The molecule has 1 aromatic carbocycles. The van der Waals surface area contributed by atoms with E-state index in [1.807, 2.05) is 30.3 Å². The van der Waals surface area contributed by atoms with Gasteiger partial charge in [-0.3, -0.25) is 5.32 Å². The van der Waals surface area contributed by atoms with Gasteiger partial charge in [0.1, 0.15) is 11.5 Å². The van der Waals surface area contributed by atoms with Crippen molar-refractivity contribution in [3.63, 3.8) is 0 Å². The molecule has 0 saturated carbocycles. The molecule has 7 nitrogen and oxygen atoms in total. The molecule has 1 heterocycles. The number of amides is 2. The van der Waals surface area contributed by atoms with Crippen LogP contribution in [0.25, 0.3) is 0 Å². The summed E-state index contributed by atoms with van der Waals surface area (Å²) in [5, 5.41) is 13.5. The van der Waals surface area contributed by atoms with Gasteiger partial charge in [0.25, 0.3) is 0 Å². The minimum atomic E-state index is -0.302. The quantitative estimate of drug-likeness (QED) is 0.554. The number of benzene rings is 1. The summed E-state index contributed by atoms with van der Waals surface area (Å²) in [7, 11) is 0. The van der Waals surface area contributed by atoms with Crippen LogP contribution in [-0.4, -0.2) is 17.6 Å². The summed E-state index contributed by atoms with van der Waals surface area (Å²) < 4.78 is 0. The molecular formula is C16H20N6O. The molecule has 1 aromatic heterocycles. The fourth-order valence-electron chi connectivity index (χ4n) is 1.77. The van der Waals surface area contributed by atoms with Gasteiger partial charge < -0.3 is 11.1 Å². The van der Waals surface area contributed by atoms with E-state index >= 15 is 0 Å². The van der Waals surface area contributed by atoms with E-state index in [0.717, 1.165) is 18.5 Å². The minimum Gasteiger partial charge on any atom is -0.382 e. The maximum Gasteiger partial charge on any atom is 0.320 e. The number of unbranched alkanes of at least 4 members (excludes halogenated alkanes) is 1. The molecule has 0 saturated heterocycles. The Morgan fingerprint density at radius 1 is 1.17 bits per heavy atom. The number of hydrogen-bond donors (Lipinski definition) is 3. The smallest absolute Gasteiger partial charge is 0.320 e. The van der Waals surface area contributed by atoms with Gasteiger partial charge in [0, 0.05) is 6.54 Å². The van der Waals surface area contributed by atoms with Crippen LogP contribution in [0.3, 0.4) is 0 Å². The molecule has 2 rings (SSSR count). The summed E-state index contributed by atoms with van der Waals surface area (Å²) in [6, 6.07) is 12.3. The van der Waals surface area contributed by atoms with E-state index in [1.165, 1.54) is 0 Å². The lowest BCUT2D eigenvalue weighted by Crippen LogP contribution is -2.29. The van der Waals surface area contributed by atoms with Gasteiger partial charge in [-0.15, -0.1) is 5.11 Å². The van der Waals surface area contributed by atoms with Gasteiger partial charge in [0.2, 0.25) is 0 Å². The van der Waals surface area contributed by atoms with E-state index in [0.29, 0.717) is 18.1 Å².